The summed E-state index contributed by atoms with van der Waals surface area (Å²) in [5, 5.41) is 2.67. The van der Waals surface area contributed by atoms with E-state index in [2.05, 4.69) is 10.1 Å². The minimum absolute atomic E-state index is 0.0515. The summed E-state index contributed by atoms with van der Waals surface area (Å²) >= 11 is 0. The smallest absolute Gasteiger partial charge is 0.337 e. The number of carbonyl (C=O) groups is 4. The van der Waals surface area contributed by atoms with Gasteiger partial charge in [0, 0.05) is 12.2 Å². The summed E-state index contributed by atoms with van der Waals surface area (Å²) in [5.41, 5.74) is 0.878. The van der Waals surface area contributed by atoms with Crippen molar-refractivity contribution in [3.8, 4) is 0 Å². The van der Waals surface area contributed by atoms with Gasteiger partial charge in [-0.15, -0.1) is 0 Å². The Morgan fingerprint density at radius 1 is 1.12 bits per heavy atom. The topological polar surface area (TPSA) is 96.0 Å². The van der Waals surface area contributed by atoms with Gasteiger partial charge in [-0.1, -0.05) is 19.9 Å². The van der Waals surface area contributed by atoms with E-state index < -0.39 is 35.7 Å². The van der Waals surface area contributed by atoms with Crippen molar-refractivity contribution in [3.05, 3.63) is 59.9 Å². The van der Waals surface area contributed by atoms with Crippen LogP contribution in [0.3, 0.4) is 0 Å². The average Bonchev–Trinajstić information content (AvgIpc) is 2.97. The number of hydrogen-bond acceptors (Lipinski definition) is 5. The van der Waals surface area contributed by atoms with E-state index in [0.717, 1.165) is 11.0 Å². The van der Waals surface area contributed by atoms with Crippen molar-refractivity contribution in [2.75, 3.05) is 23.9 Å². The molecule has 9 heteroatoms. The number of imide groups is 1. The molecule has 1 saturated heterocycles. The molecule has 168 valence electrons. The van der Waals surface area contributed by atoms with Crippen molar-refractivity contribution in [2.45, 2.75) is 26.3 Å². The number of benzene rings is 2. The fourth-order valence-electron chi connectivity index (χ4n) is 3.48. The van der Waals surface area contributed by atoms with Crippen LogP contribution < -0.4 is 10.2 Å². The summed E-state index contributed by atoms with van der Waals surface area (Å²) in [6, 6.07) is 9.69. The molecule has 1 heterocycles. The molecule has 1 atom stereocenters. The molecule has 1 aliphatic heterocycles. The Labute approximate surface area is 184 Å². The Morgan fingerprint density at radius 2 is 1.81 bits per heavy atom. The quantitative estimate of drug-likeness (QED) is 0.525. The van der Waals surface area contributed by atoms with Crippen molar-refractivity contribution < 1.29 is 28.3 Å². The van der Waals surface area contributed by atoms with E-state index in [4.69, 9.17) is 0 Å². The van der Waals surface area contributed by atoms with Crippen LogP contribution in [-0.4, -0.2) is 48.4 Å². The number of halogens is 1. The summed E-state index contributed by atoms with van der Waals surface area (Å²) in [4.78, 5) is 52.5. The number of anilines is 2. The second kappa shape index (κ2) is 9.59. The average molecular weight is 441 g/mol. The normalized spacial score (nSPS) is 16.0. The Balaban J connectivity index is 1.78. The maximum atomic E-state index is 13.7. The number of nitrogens with one attached hydrogen (secondary N) is 1. The number of nitrogens with zero attached hydrogens (tertiary/aromatic N) is 2. The molecule has 1 fully saturated rings. The van der Waals surface area contributed by atoms with Crippen LogP contribution in [0.2, 0.25) is 0 Å². The minimum Gasteiger partial charge on any atom is -0.465 e. The lowest BCUT2D eigenvalue weighted by Crippen LogP contribution is -2.40. The van der Waals surface area contributed by atoms with E-state index in [9.17, 15) is 23.6 Å². The van der Waals surface area contributed by atoms with Crippen molar-refractivity contribution in [3.63, 3.8) is 0 Å². The minimum atomic E-state index is -1.01. The molecular weight excluding hydrogens is 417 g/mol. The monoisotopic (exact) mass is 441 g/mol. The third-order valence-corrected chi connectivity index (χ3v) is 4.92. The molecule has 1 aliphatic rings. The molecule has 0 bridgehead atoms. The van der Waals surface area contributed by atoms with Crippen LogP contribution >= 0.6 is 0 Å². The van der Waals surface area contributed by atoms with Gasteiger partial charge >= 0.3 is 12.0 Å². The zero-order valence-electron chi connectivity index (χ0n) is 18.0. The van der Waals surface area contributed by atoms with Crippen LogP contribution in [0.4, 0.5) is 20.6 Å². The van der Waals surface area contributed by atoms with Crippen LogP contribution in [0.5, 0.6) is 0 Å². The second-order valence-corrected chi connectivity index (χ2v) is 7.82. The van der Waals surface area contributed by atoms with Gasteiger partial charge < -0.3 is 15.0 Å². The van der Waals surface area contributed by atoms with E-state index in [0.29, 0.717) is 11.3 Å². The summed E-state index contributed by atoms with van der Waals surface area (Å²) in [6.45, 7) is 4.05. The molecule has 8 nitrogen and oxygen atoms in total. The van der Waals surface area contributed by atoms with Crippen LogP contribution in [0.25, 0.3) is 0 Å². The van der Waals surface area contributed by atoms with Crippen molar-refractivity contribution in [2.24, 2.45) is 5.92 Å². The number of hydrogen-bond donors (Lipinski definition) is 1. The Morgan fingerprint density at radius 3 is 2.41 bits per heavy atom. The fraction of sp³-hybridized carbons (Fsp3) is 0.304. The molecule has 1 N–H and O–H groups in total. The predicted octanol–water partition coefficient (Wildman–Crippen LogP) is 3.43. The molecule has 32 heavy (non-hydrogen) atoms. The maximum Gasteiger partial charge on any atom is 0.337 e. The van der Waals surface area contributed by atoms with Crippen molar-refractivity contribution in [1.82, 2.24) is 4.90 Å². The molecule has 3 rings (SSSR count). The first kappa shape index (κ1) is 22.9. The molecule has 0 unspecified atom stereocenters. The molecule has 2 aromatic carbocycles. The summed E-state index contributed by atoms with van der Waals surface area (Å²) < 4.78 is 18.3. The zero-order chi connectivity index (χ0) is 23.4. The predicted molar refractivity (Wildman–Crippen MR) is 116 cm³/mol. The lowest BCUT2D eigenvalue weighted by molar-refractivity contribution is -0.124. The molecule has 0 saturated carbocycles. The highest BCUT2D eigenvalue weighted by Gasteiger charge is 2.46. The van der Waals surface area contributed by atoms with Crippen LogP contribution in [0.1, 0.15) is 30.6 Å². The number of rotatable bonds is 7. The van der Waals surface area contributed by atoms with E-state index in [1.54, 1.807) is 0 Å². The highest BCUT2D eigenvalue weighted by atomic mass is 19.1. The van der Waals surface area contributed by atoms with Gasteiger partial charge in [-0.3, -0.25) is 9.59 Å². The van der Waals surface area contributed by atoms with Crippen molar-refractivity contribution in [1.29, 1.82) is 0 Å². The number of ether oxygens (including phenoxy) is 1. The first-order valence-electron chi connectivity index (χ1n) is 10.1. The fourth-order valence-corrected chi connectivity index (χ4v) is 3.48. The van der Waals surface area contributed by atoms with E-state index in [1.165, 1.54) is 54.5 Å². The maximum absolute atomic E-state index is 13.7. The van der Waals surface area contributed by atoms with E-state index in [-0.39, 0.29) is 24.6 Å². The lowest BCUT2D eigenvalue weighted by atomic mass is 10.1. The Bertz CT molecular complexity index is 1040. The number of methoxy groups -OCH3 is 1. The SMILES string of the molecule is COC(=O)c1ccc(NC(=O)C[C@H]2C(=O)N(c3cccc(F)c3)C(=O)N2CC(C)C)cc1. The number of amides is 4. The number of urea groups is 1. The molecule has 4 amide bonds. The van der Waals surface area contributed by atoms with Gasteiger partial charge in [-0.05, 0) is 48.4 Å². The van der Waals surface area contributed by atoms with Gasteiger partial charge in [-0.25, -0.2) is 18.9 Å². The molecular formula is C23H24FN3O5. The Hall–Kier alpha value is -3.75. The molecule has 2 aromatic rings. The molecule has 0 spiro atoms. The second-order valence-electron chi connectivity index (χ2n) is 7.82. The van der Waals surface area contributed by atoms with Gasteiger partial charge in [0.25, 0.3) is 5.91 Å². The van der Waals surface area contributed by atoms with E-state index >= 15 is 0 Å². The first-order chi connectivity index (χ1) is 15.2. The Kier molecular flexibility index (Phi) is 6.87. The highest BCUT2D eigenvalue weighted by molar-refractivity contribution is 6.22. The van der Waals surface area contributed by atoms with Crippen LogP contribution in [0.15, 0.2) is 48.5 Å². The summed E-state index contributed by atoms with van der Waals surface area (Å²) in [6.07, 6.45) is -0.262. The first-order valence-corrected chi connectivity index (χ1v) is 10.1. The lowest BCUT2D eigenvalue weighted by Gasteiger charge is -2.23. The third kappa shape index (κ3) is 4.93. The van der Waals surface area contributed by atoms with Gasteiger partial charge in [0.1, 0.15) is 11.9 Å². The van der Waals surface area contributed by atoms with Crippen molar-refractivity contribution >= 4 is 35.2 Å². The van der Waals surface area contributed by atoms with Crippen LogP contribution in [0, 0.1) is 11.7 Å². The molecule has 0 radical (unpaired) electrons. The van der Waals surface area contributed by atoms with Gasteiger partial charge in [0.2, 0.25) is 5.91 Å². The largest absolute Gasteiger partial charge is 0.465 e. The summed E-state index contributed by atoms with van der Waals surface area (Å²) in [5.74, 6) is -2.08. The number of carbonyl (C=O) groups excluding carboxylic acids is 4. The van der Waals surface area contributed by atoms with E-state index in [1.807, 2.05) is 13.8 Å². The number of esters is 1. The third-order valence-electron chi connectivity index (χ3n) is 4.92. The molecule has 0 aliphatic carbocycles. The zero-order valence-corrected chi connectivity index (χ0v) is 18.0. The van der Waals surface area contributed by atoms with Gasteiger partial charge in [0.15, 0.2) is 0 Å². The molecule has 0 aromatic heterocycles. The standard InChI is InChI=1S/C23H24FN3O5/c1-14(2)13-26-19(21(29)27(23(26)31)18-6-4-5-16(24)11-18)12-20(28)25-17-9-7-15(8-10-17)22(30)32-3/h4-11,14,19H,12-13H2,1-3H3,(H,25,28)/t19-/m0/s1. The van der Waals surface area contributed by atoms with Crippen LogP contribution in [-0.2, 0) is 14.3 Å². The highest BCUT2D eigenvalue weighted by Crippen LogP contribution is 2.28. The summed E-state index contributed by atoms with van der Waals surface area (Å²) in [7, 11) is 1.27. The van der Waals surface area contributed by atoms with Gasteiger partial charge in [-0.2, -0.15) is 0 Å². The van der Waals surface area contributed by atoms with Gasteiger partial charge in [0.05, 0.1) is 24.8 Å².